The molecule has 0 bridgehead atoms. The molecule has 0 aliphatic carbocycles. The van der Waals surface area contributed by atoms with Crippen molar-refractivity contribution in [2.75, 3.05) is 32.8 Å². The molecular formula is C23H29ClFN3O3S. The van der Waals surface area contributed by atoms with E-state index >= 15 is 0 Å². The Morgan fingerprint density at radius 2 is 2.09 bits per heavy atom. The third-order valence-electron chi connectivity index (χ3n) is 5.26. The first-order valence-corrected chi connectivity index (χ1v) is 12.2. The highest BCUT2D eigenvalue weighted by Gasteiger charge is 2.29. The fraction of sp³-hybridized carbons (Fsp3) is 0.522. The quantitative estimate of drug-likeness (QED) is 0.525. The molecule has 1 aromatic carbocycles. The minimum atomic E-state index is -0.605. The Balaban J connectivity index is 1.46. The van der Waals surface area contributed by atoms with E-state index in [4.69, 9.17) is 16.3 Å². The lowest BCUT2D eigenvalue weighted by Crippen LogP contribution is -2.38. The van der Waals surface area contributed by atoms with Crippen LogP contribution in [0.3, 0.4) is 0 Å². The minimum absolute atomic E-state index is 0.0737. The molecule has 6 nitrogen and oxygen atoms in total. The molecule has 2 amide bonds. The number of nitrogens with one attached hydrogen (secondary N) is 1. The van der Waals surface area contributed by atoms with Crippen molar-refractivity contribution < 1.29 is 18.7 Å². The predicted molar refractivity (Wildman–Crippen MR) is 124 cm³/mol. The van der Waals surface area contributed by atoms with Crippen LogP contribution in [0.4, 0.5) is 4.39 Å². The van der Waals surface area contributed by atoms with Gasteiger partial charge in [-0.15, -0.1) is 11.3 Å². The van der Waals surface area contributed by atoms with Crippen LogP contribution in [0.5, 0.6) is 0 Å². The van der Waals surface area contributed by atoms with Gasteiger partial charge in [0.1, 0.15) is 11.5 Å². The van der Waals surface area contributed by atoms with Crippen molar-refractivity contribution in [1.29, 1.82) is 0 Å². The Kier molecular flexibility index (Phi) is 9.02. The monoisotopic (exact) mass is 481 g/mol. The molecule has 174 valence electrons. The van der Waals surface area contributed by atoms with Crippen LogP contribution in [0.15, 0.2) is 23.6 Å². The normalized spacial score (nSPS) is 14.7. The summed E-state index contributed by atoms with van der Waals surface area (Å²) in [6, 6.07) is 4.25. The number of halogens is 2. The summed E-state index contributed by atoms with van der Waals surface area (Å²) in [5.74, 6) is -0.501. The predicted octanol–water partition coefficient (Wildman–Crippen LogP) is 4.75. The number of likely N-dealkylation sites (tertiary alicyclic amines) is 1. The van der Waals surface area contributed by atoms with Crippen molar-refractivity contribution >= 4 is 34.8 Å². The molecule has 9 heteroatoms. The summed E-state index contributed by atoms with van der Waals surface area (Å²) in [6.45, 7) is 7.07. The first kappa shape index (κ1) is 24.6. The Labute approximate surface area is 197 Å². The van der Waals surface area contributed by atoms with E-state index in [-0.39, 0.29) is 28.3 Å². The number of thiazole rings is 1. The first-order chi connectivity index (χ1) is 15.4. The number of ether oxygens (including phenoxy) is 1. The summed E-state index contributed by atoms with van der Waals surface area (Å²) in [5, 5.41) is 5.67. The largest absolute Gasteiger partial charge is 0.381 e. The summed E-state index contributed by atoms with van der Waals surface area (Å²) in [6.07, 6.45) is 2.17. The number of nitrogens with zero attached hydrogens (tertiary/aromatic N) is 2. The van der Waals surface area contributed by atoms with Gasteiger partial charge in [-0.05, 0) is 37.3 Å². The highest BCUT2D eigenvalue weighted by atomic mass is 35.5. The number of benzene rings is 1. The van der Waals surface area contributed by atoms with Crippen molar-refractivity contribution in [3.8, 4) is 0 Å². The third kappa shape index (κ3) is 6.49. The fourth-order valence-corrected chi connectivity index (χ4v) is 4.77. The Morgan fingerprint density at radius 3 is 2.78 bits per heavy atom. The Hall–Kier alpha value is -2.03. The standard InChI is InChI=1S/C23H29ClFN3O3S/c1-15(2)13-31-12-4-9-26-21(29)19-14-32-22(27-19)16-7-10-28(11-8-16)23(30)20-17(24)5-3-6-18(20)25/h3,5-6,14-16H,4,7-13H2,1-2H3,(H,26,29). The molecule has 1 saturated heterocycles. The van der Waals surface area contributed by atoms with E-state index in [1.54, 1.807) is 10.3 Å². The van der Waals surface area contributed by atoms with Gasteiger partial charge >= 0.3 is 0 Å². The second kappa shape index (κ2) is 11.7. The van der Waals surface area contributed by atoms with Gasteiger partial charge in [-0.2, -0.15) is 0 Å². The van der Waals surface area contributed by atoms with E-state index in [0.717, 1.165) is 18.0 Å². The second-order valence-electron chi connectivity index (χ2n) is 8.31. The number of carbonyl (C=O) groups excluding carboxylic acids is 2. The lowest BCUT2D eigenvalue weighted by atomic mass is 9.97. The zero-order valence-electron chi connectivity index (χ0n) is 18.4. The molecule has 2 aromatic rings. The van der Waals surface area contributed by atoms with Crippen LogP contribution in [0.1, 0.15) is 64.9 Å². The maximum Gasteiger partial charge on any atom is 0.270 e. The number of rotatable bonds is 9. The zero-order chi connectivity index (χ0) is 23.1. The lowest BCUT2D eigenvalue weighted by Gasteiger charge is -2.31. The van der Waals surface area contributed by atoms with Crippen molar-refractivity contribution in [1.82, 2.24) is 15.2 Å². The summed E-state index contributed by atoms with van der Waals surface area (Å²) in [5.41, 5.74) is 0.347. The van der Waals surface area contributed by atoms with Gasteiger partial charge in [0.25, 0.3) is 11.8 Å². The second-order valence-corrected chi connectivity index (χ2v) is 9.61. The number of carbonyl (C=O) groups is 2. The fourth-order valence-electron chi connectivity index (χ4n) is 3.55. The molecule has 0 radical (unpaired) electrons. The highest BCUT2D eigenvalue weighted by Crippen LogP contribution is 2.31. The summed E-state index contributed by atoms with van der Waals surface area (Å²) >= 11 is 7.50. The van der Waals surface area contributed by atoms with Crippen molar-refractivity contribution in [3.05, 3.63) is 50.7 Å². The number of hydrogen-bond acceptors (Lipinski definition) is 5. The summed E-state index contributed by atoms with van der Waals surface area (Å²) in [7, 11) is 0. The van der Waals surface area contributed by atoms with E-state index in [2.05, 4.69) is 24.1 Å². The van der Waals surface area contributed by atoms with E-state index in [0.29, 0.717) is 50.7 Å². The molecule has 0 atom stereocenters. The number of hydrogen-bond donors (Lipinski definition) is 1. The molecule has 0 saturated carbocycles. The molecule has 1 aliphatic rings. The molecule has 1 N–H and O–H groups in total. The Morgan fingerprint density at radius 1 is 1.34 bits per heavy atom. The van der Waals surface area contributed by atoms with Crippen LogP contribution in [0.2, 0.25) is 5.02 Å². The first-order valence-electron chi connectivity index (χ1n) is 10.9. The van der Waals surface area contributed by atoms with Crippen LogP contribution in [0, 0.1) is 11.7 Å². The number of amides is 2. The highest BCUT2D eigenvalue weighted by molar-refractivity contribution is 7.09. The van der Waals surface area contributed by atoms with Crippen LogP contribution >= 0.6 is 22.9 Å². The van der Waals surface area contributed by atoms with E-state index in [9.17, 15) is 14.0 Å². The third-order valence-corrected chi connectivity index (χ3v) is 6.59. The Bertz CT molecular complexity index is 909. The molecule has 0 spiro atoms. The van der Waals surface area contributed by atoms with Crippen LogP contribution < -0.4 is 5.32 Å². The zero-order valence-corrected chi connectivity index (χ0v) is 20.0. The van der Waals surface area contributed by atoms with E-state index in [1.807, 2.05) is 0 Å². The van der Waals surface area contributed by atoms with E-state index in [1.165, 1.54) is 29.5 Å². The molecule has 1 fully saturated rings. The van der Waals surface area contributed by atoms with Gasteiger partial charge in [0.2, 0.25) is 0 Å². The van der Waals surface area contributed by atoms with Crippen molar-refractivity contribution in [3.63, 3.8) is 0 Å². The number of piperidine rings is 1. The average molecular weight is 482 g/mol. The number of aromatic nitrogens is 1. The van der Waals surface area contributed by atoms with Gasteiger partial charge in [0.05, 0.1) is 15.6 Å². The van der Waals surface area contributed by atoms with Crippen LogP contribution in [-0.4, -0.2) is 54.5 Å². The maximum absolute atomic E-state index is 14.1. The van der Waals surface area contributed by atoms with Gasteiger partial charge in [-0.1, -0.05) is 31.5 Å². The molecule has 1 aliphatic heterocycles. The van der Waals surface area contributed by atoms with Gasteiger partial charge in [-0.25, -0.2) is 9.37 Å². The van der Waals surface area contributed by atoms with Gasteiger partial charge < -0.3 is 15.0 Å². The maximum atomic E-state index is 14.1. The SMILES string of the molecule is CC(C)COCCCNC(=O)c1csc(C2CCN(C(=O)c3c(F)cccc3Cl)CC2)n1. The van der Waals surface area contributed by atoms with Crippen LogP contribution in [-0.2, 0) is 4.74 Å². The topological polar surface area (TPSA) is 71.5 Å². The average Bonchev–Trinajstić information content (AvgIpc) is 3.26. The smallest absolute Gasteiger partial charge is 0.270 e. The molecule has 0 unspecified atom stereocenters. The summed E-state index contributed by atoms with van der Waals surface area (Å²) < 4.78 is 19.6. The van der Waals surface area contributed by atoms with Crippen molar-refractivity contribution in [2.24, 2.45) is 5.92 Å². The van der Waals surface area contributed by atoms with Gasteiger partial charge in [0, 0.05) is 44.1 Å². The molecular weight excluding hydrogens is 453 g/mol. The van der Waals surface area contributed by atoms with Crippen molar-refractivity contribution in [2.45, 2.75) is 39.0 Å². The van der Waals surface area contributed by atoms with E-state index < -0.39 is 5.82 Å². The van der Waals surface area contributed by atoms with Gasteiger partial charge in [-0.3, -0.25) is 9.59 Å². The molecule has 1 aromatic heterocycles. The molecule has 32 heavy (non-hydrogen) atoms. The molecule has 2 heterocycles. The van der Waals surface area contributed by atoms with Crippen LogP contribution in [0.25, 0.3) is 0 Å². The summed E-state index contributed by atoms with van der Waals surface area (Å²) in [4.78, 5) is 31.2. The minimum Gasteiger partial charge on any atom is -0.381 e. The lowest BCUT2D eigenvalue weighted by molar-refractivity contribution is 0.0708. The molecule has 3 rings (SSSR count). The van der Waals surface area contributed by atoms with Gasteiger partial charge in [0.15, 0.2) is 0 Å².